The number of benzene rings is 1. The van der Waals surface area contributed by atoms with Gasteiger partial charge in [-0.25, -0.2) is 12.8 Å². The van der Waals surface area contributed by atoms with E-state index in [-0.39, 0.29) is 21.0 Å². The number of hydrogen-bond acceptors (Lipinski definition) is 4. The van der Waals surface area contributed by atoms with E-state index in [9.17, 15) is 17.6 Å². The second-order valence-corrected chi connectivity index (χ2v) is 7.53. The molecule has 1 saturated heterocycles. The van der Waals surface area contributed by atoms with Crippen molar-refractivity contribution in [2.24, 2.45) is 0 Å². The zero-order chi connectivity index (χ0) is 14.2. The summed E-state index contributed by atoms with van der Waals surface area (Å²) in [5, 5.41) is 9.02. The molecule has 1 aliphatic rings. The highest BCUT2D eigenvalue weighted by Crippen LogP contribution is 2.32. The lowest BCUT2D eigenvalue weighted by molar-refractivity contribution is -0.140. The van der Waals surface area contributed by atoms with Crippen LogP contribution in [0.5, 0.6) is 0 Å². The Morgan fingerprint density at radius 1 is 1.53 bits per heavy atom. The number of carbonyl (C=O) groups is 1. The van der Waals surface area contributed by atoms with Crippen LogP contribution in [0.1, 0.15) is 0 Å². The van der Waals surface area contributed by atoms with Gasteiger partial charge in [0.25, 0.3) is 0 Å². The molecule has 0 aromatic heterocycles. The fourth-order valence-corrected chi connectivity index (χ4v) is 5.82. The first-order chi connectivity index (χ1) is 8.84. The Morgan fingerprint density at radius 3 is 2.79 bits per heavy atom. The zero-order valence-electron chi connectivity index (χ0n) is 9.42. The van der Waals surface area contributed by atoms with E-state index < -0.39 is 27.9 Å². The molecule has 0 amide bonds. The lowest BCUT2D eigenvalue weighted by atomic mass is 10.3. The molecule has 1 atom stereocenters. The summed E-state index contributed by atoms with van der Waals surface area (Å²) in [6.45, 7) is 0. The Kier molecular flexibility index (Phi) is 4.19. The third-order valence-corrected chi connectivity index (χ3v) is 6.61. The molecule has 0 bridgehead atoms. The highest BCUT2D eigenvalue weighted by Gasteiger charge is 2.40. The van der Waals surface area contributed by atoms with Gasteiger partial charge in [0.1, 0.15) is 11.9 Å². The Labute approximate surface area is 122 Å². The number of carboxylic acid groups (broad SMARTS) is 1. The normalized spacial score (nSPS) is 20.6. The lowest BCUT2D eigenvalue weighted by Gasteiger charge is -2.20. The van der Waals surface area contributed by atoms with Crippen molar-refractivity contribution in [2.75, 3.05) is 11.6 Å². The molecule has 1 unspecified atom stereocenters. The number of thioether (sulfide) groups is 1. The summed E-state index contributed by atoms with van der Waals surface area (Å²) in [4.78, 5) is 10.9. The van der Waals surface area contributed by atoms with Gasteiger partial charge in [-0.15, -0.1) is 11.8 Å². The minimum Gasteiger partial charge on any atom is -0.480 e. The Bertz CT molecular complexity index is 622. The first-order valence-corrected chi connectivity index (χ1v) is 8.50. The summed E-state index contributed by atoms with van der Waals surface area (Å²) in [6.07, 6.45) is 0. The maximum absolute atomic E-state index is 13.0. The quantitative estimate of drug-likeness (QED) is 0.877. The summed E-state index contributed by atoms with van der Waals surface area (Å²) >= 11 is 4.21. The number of halogens is 2. The van der Waals surface area contributed by atoms with Crippen molar-refractivity contribution >= 4 is 43.7 Å². The number of hydrogen-bond donors (Lipinski definition) is 1. The first-order valence-electron chi connectivity index (χ1n) is 5.11. The lowest BCUT2D eigenvalue weighted by Crippen LogP contribution is -2.41. The van der Waals surface area contributed by atoms with Gasteiger partial charge in [0.05, 0.1) is 10.8 Å². The van der Waals surface area contributed by atoms with Gasteiger partial charge in [-0.3, -0.25) is 4.79 Å². The third-order valence-electron chi connectivity index (χ3n) is 2.61. The van der Waals surface area contributed by atoms with Crippen molar-refractivity contribution in [3.8, 4) is 0 Å². The molecule has 9 heteroatoms. The van der Waals surface area contributed by atoms with E-state index in [2.05, 4.69) is 15.9 Å². The number of carboxylic acids is 1. The molecular weight excluding hydrogens is 361 g/mol. The van der Waals surface area contributed by atoms with Crippen LogP contribution in [0, 0.1) is 5.82 Å². The highest BCUT2D eigenvalue weighted by atomic mass is 79.9. The summed E-state index contributed by atoms with van der Waals surface area (Å²) in [5.41, 5.74) is 0. The van der Waals surface area contributed by atoms with Crippen LogP contribution in [0.15, 0.2) is 27.6 Å². The topological polar surface area (TPSA) is 74.7 Å². The molecule has 104 valence electrons. The molecular formula is C10H9BrFNO4S2. The van der Waals surface area contributed by atoms with E-state index in [0.29, 0.717) is 0 Å². The van der Waals surface area contributed by atoms with Crippen molar-refractivity contribution in [3.05, 3.63) is 28.5 Å². The van der Waals surface area contributed by atoms with Gasteiger partial charge in [-0.05, 0) is 34.1 Å². The van der Waals surface area contributed by atoms with Crippen LogP contribution in [-0.2, 0) is 14.8 Å². The van der Waals surface area contributed by atoms with Crippen molar-refractivity contribution in [1.29, 1.82) is 0 Å². The molecule has 1 aromatic rings. The first kappa shape index (κ1) is 14.8. The van der Waals surface area contributed by atoms with E-state index in [1.54, 1.807) is 0 Å². The molecule has 1 N–H and O–H groups in total. The second-order valence-electron chi connectivity index (χ2n) is 3.82. The van der Waals surface area contributed by atoms with Crippen LogP contribution >= 0.6 is 27.7 Å². The van der Waals surface area contributed by atoms with Gasteiger partial charge in [0, 0.05) is 10.2 Å². The van der Waals surface area contributed by atoms with Gasteiger partial charge in [0.2, 0.25) is 10.0 Å². The minimum absolute atomic E-state index is 0.0725. The Morgan fingerprint density at radius 2 is 2.21 bits per heavy atom. The van der Waals surface area contributed by atoms with Crippen LogP contribution in [0.4, 0.5) is 4.39 Å². The number of rotatable bonds is 3. The fourth-order valence-electron chi connectivity index (χ4n) is 1.67. The van der Waals surface area contributed by atoms with Gasteiger partial charge < -0.3 is 5.11 Å². The maximum Gasteiger partial charge on any atom is 0.322 e. The van der Waals surface area contributed by atoms with Crippen LogP contribution in [0.3, 0.4) is 0 Å². The number of sulfonamides is 1. The van der Waals surface area contributed by atoms with E-state index >= 15 is 0 Å². The van der Waals surface area contributed by atoms with Gasteiger partial charge >= 0.3 is 5.97 Å². The molecule has 0 radical (unpaired) electrons. The summed E-state index contributed by atoms with van der Waals surface area (Å²) in [6, 6.07) is 2.09. The molecule has 2 rings (SSSR count). The number of aliphatic carboxylic acids is 1. The average Bonchev–Trinajstić information content (AvgIpc) is 2.77. The van der Waals surface area contributed by atoms with E-state index in [1.807, 2.05) is 0 Å². The smallest absolute Gasteiger partial charge is 0.322 e. The zero-order valence-corrected chi connectivity index (χ0v) is 12.6. The molecule has 0 spiro atoms. The summed E-state index contributed by atoms with van der Waals surface area (Å²) in [5.74, 6) is -1.49. The molecule has 1 aliphatic heterocycles. The fraction of sp³-hybridized carbons (Fsp3) is 0.300. The average molecular weight is 370 g/mol. The molecule has 5 nitrogen and oxygen atoms in total. The molecule has 1 heterocycles. The third kappa shape index (κ3) is 2.78. The predicted octanol–water partition coefficient (Wildman–Crippen LogP) is 1.74. The van der Waals surface area contributed by atoms with Crippen LogP contribution < -0.4 is 0 Å². The van der Waals surface area contributed by atoms with Crippen LogP contribution in [0.2, 0.25) is 0 Å². The predicted molar refractivity (Wildman–Crippen MR) is 71.9 cm³/mol. The molecule has 19 heavy (non-hydrogen) atoms. The summed E-state index contributed by atoms with van der Waals surface area (Å²) in [7, 11) is -3.96. The SMILES string of the molecule is O=C(O)C1CSCN1S(=O)(=O)c1ccc(F)cc1Br. The van der Waals surface area contributed by atoms with E-state index in [4.69, 9.17) is 5.11 Å². The van der Waals surface area contributed by atoms with E-state index in [1.165, 1.54) is 11.8 Å². The maximum atomic E-state index is 13.0. The van der Waals surface area contributed by atoms with E-state index in [0.717, 1.165) is 22.5 Å². The minimum atomic E-state index is -3.96. The van der Waals surface area contributed by atoms with Gasteiger partial charge in [-0.1, -0.05) is 0 Å². The standard InChI is InChI=1S/C10H9BrFNO4S2/c11-7-3-6(12)1-2-9(7)19(16,17)13-5-18-4-8(13)10(14)15/h1-3,8H,4-5H2,(H,14,15). The van der Waals surface area contributed by atoms with Gasteiger partial charge in [0.15, 0.2) is 0 Å². The Hall–Kier alpha value is -0.640. The van der Waals surface area contributed by atoms with Crippen molar-refractivity contribution in [3.63, 3.8) is 0 Å². The van der Waals surface area contributed by atoms with Crippen molar-refractivity contribution < 1.29 is 22.7 Å². The van der Waals surface area contributed by atoms with Crippen molar-refractivity contribution in [1.82, 2.24) is 4.31 Å². The number of nitrogens with zero attached hydrogens (tertiary/aromatic N) is 1. The molecule has 0 saturated carbocycles. The van der Waals surface area contributed by atoms with Crippen LogP contribution in [0.25, 0.3) is 0 Å². The molecule has 1 aromatic carbocycles. The second kappa shape index (κ2) is 5.39. The largest absolute Gasteiger partial charge is 0.480 e. The highest BCUT2D eigenvalue weighted by molar-refractivity contribution is 9.10. The summed E-state index contributed by atoms with van der Waals surface area (Å²) < 4.78 is 38.7. The van der Waals surface area contributed by atoms with Crippen LogP contribution in [-0.4, -0.2) is 41.5 Å². The molecule has 0 aliphatic carbocycles. The monoisotopic (exact) mass is 369 g/mol. The van der Waals surface area contributed by atoms with Gasteiger partial charge in [-0.2, -0.15) is 4.31 Å². The molecule has 1 fully saturated rings. The van der Waals surface area contributed by atoms with Crippen molar-refractivity contribution in [2.45, 2.75) is 10.9 Å². The Balaban J connectivity index is 2.45.